The first-order chi connectivity index (χ1) is 9.28. The highest BCUT2D eigenvalue weighted by Crippen LogP contribution is 2.22. The lowest BCUT2D eigenvalue weighted by Gasteiger charge is -2.03. The van der Waals surface area contributed by atoms with Crippen molar-refractivity contribution in [3.05, 3.63) is 59.5 Å². The number of nitrogens with zero attached hydrogens (tertiary/aromatic N) is 3. The van der Waals surface area contributed by atoms with Gasteiger partial charge in [0.25, 0.3) is 0 Å². The number of fused-ring (bicyclic) bond motifs is 1. The number of aromatic nitrogens is 3. The van der Waals surface area contributed by atoms with Crippen LogP contribution in [0.15, 0.2) is 47.5 Å². The summed E-state index contributed by atoms with van der Waals surface area (Å²) >= 11 is 1.76. The van der Waals surface area contributed by atoms with Crippen LogP contribution in [0.4, 0.5) is 0 Å². The van der Waals surface area contributed by atoms with Crippen LogP contribution in [-0.2, 0) is 6.42 Å². The van der Waals surface area contributed by atoms with Crippen molar-refractivity contribution in [3.63, 3.8) is 0 Å². The Morgan fingerprint density at radius 2 is 2.00 bits per heavy atom. The summed E-state index contributed by atoms with van der Waals surface area (Å²) in [6, 6.07) is 12.5. The Kier molecular flexibility index (Phi) is 3.25. The average Bonchev–Trinajstić information content (AvgIpc) is 2.83. The van der Waals surface area contributed by atoms with E-state index in [1.807, 2.05) is 16.8 Å². The summed E-state index contributed by atoms with van der Waals surface area (Å²) in [4.78, 5) is 5.92. The maximum absolute atomic E-state index is 4.63. The van der Waals surface area contributed by atoms with Crippen LogP contribution in [0.3, 0.4) is 0 Å². The van der Waals surface area contributed by atoms with Crippen LogP contribution < -0.4 is 0 Å². The summed E-state index contributed by atoms with van der Waals surface area (Å²) in [6.45, 7) is 2.06. The molecule has 3 aromatic rings. The molecule has 0 N–H and O–H groups in total. The van der Waals surface area contributed by atoms with Gasteiger partial charge in [-0.05, 0) is 36.4 Å². The summed E-state index contributed by atoms with van der Waals surface area (Å²) in [5.74, 6) is 0.871. The van der Waals surface area contributed by atoms with Crippen molar-refractivity contribution in [1.29, 1.82) is 0 Å². The highest BCUT2D eigenvalue weighted by Gasteiger charge is 2.08. The molecule has 2 aromatic heterocycles. The van der Waals surface area contributed by atoms with Gasteiger partial charge in [0.1, 0.15) is 0 Å². The summed E-state index contributed by atoms with van der Waals surface area (Å²) < 4.78 is 1.85. The third kappa shape index (κ3) is 2.36. The highest BCUT2D eigenvalue weighted by atomic mass is 32.2. The topological polar surface area (TPSA) is 30.2 Å². The number of hydrogen-bond donors (Lipinski definition) is 0. The van der Waals surface area contributed by atoms with E-state index in [-0.39, 0.29) is 0 Å². The lowest BCUT2D eigenvalue weighted by molar-refractivity contribution is 0.892. The molecular formula is C15H15N3S. The quantitative estimate of drug-likeness (QED) is 0.683. The van der Waals surface area contributed by atoms with Gasteiger partial charge in [-0.2, -0.15) is 5.10 Å². The van der Waals surface area contributed by atoms with Crippen molar-refractivity contribution in [2.75, 3.05) is 6.26 Å². The minimum absolute atomic E-state index is 0.776. The number of benzene rings is 1. The van der Waals surface area contributed by atoms with Crippen LogP contribution in [0.1, 0.15) is 17.0 Å². The summed E-state index contributed by atoms with van der Waals surface area (Å²) in [6.07, 6.45) is 4.82. The molecule has 0 saturated carbocycles. The fraction of sp³-hybridized carbons (Fsp3) is 0.200. The zero-order chi connectivity index (χ0) is 13.2. The fourth-order valence-electron chi connectivity index (χ4n) is 2.18. The first-order valence-corrected chi connectivity index (χ1v) is 7.43. The highest BCUT2D eigenvalue weighted by molar-refractivity contribution is 7.98. The van der Waals surface area contributed by atoms with Crippen molar-refractivity contribution < 1.29 is 0 Å². The van der Waals surface area contributed by atoms with Gasteiger partial charge < -0.3 is 0 Å². The van der Waals surface area contributed by atoms with E-state index >= 15 is 0 Å². The van der Waals surface area contributed by atoms with Gasteiger partial charge in [-0.15, -0.1) is 11.8 Å². The van der Waals surface area contributed by atoms with Crippen LogP contribution in [0.2, 0.25) is 0 Å². The molecule has 4 heteroatoms. The molecule has 0 aliphatic carbocycles. The van der Waals surface area contributed by atoms with Crippen molar-refractivity contribution in [1.82, 2.24) is 14.6 Å². The largest absolute Gasteiger partial charge is 0.221 e. The van der Waals surface area contributed by atoms with E-state index in [0.717, 1.165) is 23.5 Å². The molecule has 0 unspecified atom stereocenters. The van der Waals surface area contributed by atoms with Crippen molar-refractivity contribution in [3.8, 4) is 0 Å². The molecule has 0 atom stereocenters. The molecule has 0 saturated heterocycles. The van der Waals surface area contributed by atoms with Crippen molar-refractivity contribution >= 4 is 17.4 Å². The molecule has 96 valence electrons. The molecule has 0 aliphatic heterocycles. The molecule has 19 heavy (non-hydrogen) atoms. The van der Waals surface area contributed by atoms with E-state index in [9.17, 15) is 0 Å². The van der Waals surface area contributed by atoms with Gasteiger partial charge in [-0.1, -0.05) is 24.3 Å². The minimum Gasteiger partial charge on any atom is -0.221 e. The van der Waals surface area contributed by atoms with Crippen LogP contribution in [0.25, 0.3) is 5.65 Å². The van der Waals surface area contributed by atoms with Crippen LogP contribution in [0, 0.1) is 6.92 Å². The van der Waals surface area contributed by atoms with E-state index in [0.29, 0.717) is 0 Å². The molecule has 0 bridgehead atoms. The predicted molar refractivity (Wildman–Crippen MR) is 78.8 cm³/mol. The van der Waals surface area contributed by atoms with Crippen LogP contribution >= 0.6 is 11.8 Å². The number of rotatable bonds is 3. The molecule has 0 amide bonds. The Bertz CT molecular complexity index is 718. The number of thioether (sulfide) groups is 1. The Morgan fingerprint density at radius 1 is 1.16 bits per heavy atom. The molecule has 1 aromatic carbocycles. The van der Waals surface area contributed by atoms with E-state index in [1.165, 1.54) is 10.5 Å². The second kappa shape index (κ2) is 5.05. The maximum Gasteiger partial charge on any atom is 0.158 e. The third-order valence-corrected chi connectivity index (χ3v) is 3.98. The van der Waals surface area contributed by atoms with Crippen LogP contribution in [-0.4, -0.2) is 20.9 Å². The Hall–Kier alpha value is -1.81. The van der Waals surface area contributed by atoms with E-state index in [2.05, 4.69) is 53.6 Å². The predicted octanol–water partition coefficient (Wildman–Crippen LogP) is 3.35. The van der Waals surface area contributed by atoms with Gasteiger partial charge in [0, 0.05) is 17.5 Å². The van der Waals surface area contributed by atoms with Crippen LogP contribution in [0.5, 0.6) is 0 Å². The van der Waals surface area contributed by atoms with Gasteiger partial charge in [0.2, 0.25) is 0 Å². The monoisotopic (exact) mass is 269 g/mol. The van der Waals surface area contributed by atoms with E-state index in [4.69, 9.17) is 0 Å². The second-order valence-corrected chi connectivity index (χ2v) is 5.32. The van der Waals surface area contributed by atoms with Gasteiger partial charge in [-0.25, -0.2) is 9.50 Å². The molecule has 3 nitrogen and oxygen atoms in total. The molecule has 0 fully saturated rings. The molecule has 0 spiro atoms. The number of pyridine rings is 1. The second-order valence-electron chi connectivity index (χ2n) is 4.48. The normalized spacial score (nSPS) is 11.1. The van der Waals surface area contributed by atoms with Gasteiger partial charge in [0.15, 0.2) is 11.5 Å². The zero-order valence-electron chi connectivity index (χ0n) is 11.0. The third-order valence-electron chi connectivity index (χ3n) is 3.14. The molecule has 2 heterocycles. The first kappa shape index (κ1) is 12.2. The van der Waals surface area contributed by atoms with E-state index in [1.54, 1.807) is 11.8 Å². The van der Waals surface area contributed by atoms with Gasteiger partial charge in [0.05, 0.1) is 0 Å². The SMILES string of the molecule is CSc1ccccc1Cc1nc2c(C)cccn2n1. The van der Waals surface area contributed by atoms with Crippen molar-refractivity contribution in [2.24, 2.45) is 0 Å². The lowest BCUT2D eigenvalue weighted by Crippen LogP contribution is -1.93. The van der Waals surface area contributed by atoms with Gasteiger partial charge >= 0.3 is 0 Å². The average molecular weight is 269 g/mol. The van der Waals surface area contributed by atoms with Crippen molar-refractivity contribution in [2.45, 2.75) is 18.2 Å². The molecule has 0 radical (unpaired) electrons. The lowest BCUT2D eigenvalue weighted by atomic mass is 10.1. The Labute approximate surface area is 116 Å². The number of aryl methyl sites for hydroxylation is 1. The van der Waals surface area contributed by atoms with E-state index < -0.39 is 0 Å². The van der Waals surface area contributed by atoms with Gasteiger partial charge in [-0.3, -0.25) is 0 Å². The zero-order valence-corrected chi connectivity index (χ0v) is 11.8. The maximum atomic E-state index is 4.63. The molecular weight excluding hydrogens is 254 g/mol. The first-order valence-electron chi connectivity index (χ1n) is 6.20. The Balaban J connectivity index is 1.99. The smallest absolute Gasteiger partial charge is 0.158 e. The summed E-state index contributed by atoms with van der Waals surface area (Å²) in [7, 11) is 0. The summed E-state index contributed by atoms with van der Waals surface area (Å²) in [5.41, 5.74) is 3.38. The summed E-state index contributed by atoms with van der Waals surface area (Å²) in [5, 5.41) is 4.54. The standard InChI is InChI=1S/C15H15N3S/c1-11-6-5-9-18-15(11)16-14(17-18)10-12-7-3-4-8-13(12)19-2/h3-9H,10H2,1-2H3. The molecule has 3 rings (SSSR count). The fourth-order valence-corrected chi connectivity index (χ4v) is 2.80. The molecule has 0 aliphatic rings. The Morgan fingerprint density at radius 3 is 2.79 bits per heavy atom. The minimum atomic E-state index is 0.776. The number of hydrogen-bond acceptors (Lipinski definition) is 3.